The third-order valence-corrected chi connectivity index (χ3v) is 2.78. The van der Waals surface area contributed by atoms with Crippen molar-refractivity contribution < 1.29 is 0 Å². The number of rotatable bonds is 2. The van der Waals surface area contributed by atoms with E-state index in [1.54, 1.807) is 6.20 Å². The van der Waals surface area contributed by atoms with E-state index in [0.717, 1.165) is 28.1 Å². The molecule has 16 heavy (non-hydrogen) atoms. The minimum absolute atomic E-state index is 0.817. The van der Waals surface area contributed by atoms with Crippen LogP contribution in [0.3, 0.4) is 0 Å². The van der Waals surface area contributed by atoms with Gasteiger partial charge < -0.3 is 0 Å². The minimum Gasteiger partial charge on any atom is -0.264 e. The average molecular weight is 278 g/mol. The first kappa shape index (κ1) is 11.2. The van der Waals surface area contributed by atoms with Crippen LogP contribution in [0.2, 0.25) is 0 Å². The molecule has 0 N–H and O–H groups in total. The lowest BCUT2D eigenvalue weighted by molar-refractivity contribution is 0.930. The molecule has 0 radical (unpaired) electrons. The molecule has 4 heteroatoms. The Balaban J connectivity index is 2.56. The molecule has 2 aromatic heterocycles. The van der Waals surface area contributed by atoms with Gasteiger partial charge in [0.1, 0.15) is 10.4 Å². The Hall–Kier alpha value is -1.29. The van der Waals surface area contributed by atoms with Crippen molar-refractivity contribution in [1.29, 1.82) is 0 Å². The van der Waals surface area contributed by atoms with Crippen LogP contribution >= 0.6 is 15.9 Å². The van der Waals surface area contributed by atoms with Crippen molar-refractivity contribution in [2.75, 3.05) is 0 Å². The van der Waals surface area contributed by atoms with Crippen LogP contribution in [-0.2, 0) is 6.42 Å². The normalized spacial score (nSPS) is 10.4. The van der Waals surface area contributed by atoms with Gasteiger partial charge >= 0.3 is 0 Å². The third kappa shape index (κ3) is 2.27. The lowest BCUT2D eigenvalue weighted by Gasteiger charge is -2.06. The Morgan fingerprint density at radius 2 is 2.12 bits per heavy atom. The number of nitrogens with zero attached hydrogens (tertiary/aromatic N) is 3. The summed E-state index contributed by atoms with van der Waals surface area (Å²) < 4.78 is 0.817. The molecule has 2 rings (SSSR count). The van der Waals surface area contributed by atoms with E-state index in [1.165, 1.54) is 5.56 Å². The maximum Gasteiger partial charge on any atom is 0.130 e. The zero-order valence-corrected chi connectivity index (χ0v) is 10.8. The van der Waals surface area contributed by atoms with Crippen molar-refractivity contribution in [3.63, 3.8) is 0 Å². The molecule has 0 unspecified atom stereocenters. The first-order valence-electron chi connectivity index (χ1n) is 5.15. The topological polar surface area (TPSA) is 38.7 Å². The van der Waals surface area contributed by atoms with Crippen LogP contribution in [0.15, 0.2) is 29.1 Å². The summed E-state index contributed by atoms with van der Waals surface area (Å²) in [7, 11) is 0. The van der Waals surface area contributed by atoms with Crippen molar-refractivity contribution in [2.45, 2.75) is 20.3 Å². The number of hydrogen-bond acceptors (Lipinski definition) is 3. The van der Waals surface area contributed by atoms with Crippen LogP contribution in [0.1, 0.15) is 18.3 Å². The van der Waals surface area contributed by atoms with E-state index in [9.17, 15) is 0 Å². The molecule has 0 saturated carbocycles. The summed E-state index contributed by atoms with van der Waals surface area (Å²) in [6.45, 7) is 4.10. The van der Waals surface area contributed by atoms with Crippen LogP contribution in [-0.4, -0.2) is 15.0 Å². The van der Waals surface area contributed by atoms with E-state index in [-0.39, 0.29) is 0 Å². The van der Waals surface area contributed by atoms with Crippen LogP contribution in [0.4, 0.5) is 0 Å². The molecule has 0 aliphatic rings. The van der Waals surface area contributed by atoms with E-state index in [4.69, 9.17) is 0 Å². The zero-order valence-electron chi connectivity index (χ0n) is 9.24. The number of aryl methyl sites for hydroxylation is 2. The van der Waals surface area contributed by atoms with Gasteiger partial charge in [-0.05, 0) is 40.5 Å². The Morgan fingerprint density at radius 3 is 2.81 bits per heavy atom. The lowest BCUT2D eigenvalue weighted by atomic mass is 10.1. The molecule has 0 fully saturated rings. The molecule has 3 nitrogen and oxygen atoms in total. The van der Waals surface area contributed by atoms with Gasteiger partial charge in [-0.2, -0.15) is 0 Å². The second kappa shape index (κ2) is 4.70. The SMILES string of the molecule is CCc1nc(Br)cc(-c2cnccc2C)n1. The first-order valence-corrected chi connectivity index (χ1v) is 5.94. The van der Waals surface area contributed by atoms with Gasteiger partial charge in [0.15, 0.2) is 0 Å². The van der Waals surface area contributed by atoms with E-state index < -0.39 is 0 Å². The van der Waals surface area contributed by atoms with Crippen molar-refractivity contribution in [3.05, 3.63) is 40.5 Å². The fourth-order valence-electron chi connectivity index (χ4n) is 1.49. The Labute approximate surface area is 103 Å². The molecule has 0 bridgehead atoms. The zero-order chi connectivity index (χ0) is 11.5. The standard InChI is InChI=1S/C12H12BrN3/c1-3-12-15-10(6-11(13)16-12)9-7-14-5-4-8(9)2/h4-7H,3H2,1-2H3. The molecule has 0 aromatic carbocycles. The van der Waals surface area contributed by atoms with Gasteiger partial charge in [-0.25, -0.2) is 9.97 Å². The largest absolute Gasteiger partial charge is 0.264 e. The highest BCUT2D eigenvalue weighted by Gasteiger charge is 2.06. The summed E-state index contributed by atoms with van der Waals surface area (Å²) in [6, 6.07) is 3.90. The fourth-order valence-corrected chi connectivity index (χ4v) is 1.91. The molecule has 0 saturated heterocycles. The quantitative estimate of drug-likeness (QED) is 0.792. The van der Waals surface area contributed by atoms with Crippen molar-refractivity contribution in [1.82, 2.24) is 15.0 Å². The molecule has 82 valence electrons. The van der Waals surface area contributed by atoms with Gasteiger partial charge in [-0.15, -0.1) is 0 Å². The molecule has 0 aliphatic heterocycles. The van der Waals surface area contributed by atoms with Crippen LogP contribution in [0.5, 0.6) is 0 Å². The Bertz CT molecular complexity index is 511. The summed E-state index contributed by atoms with van der Waals surface area (Å²) in [5, 5.41) is 0. The molecule has 0 aliphatic carbocycles. The predicted molar refractivity (Wildman–Crippen MR) is 67.1 cm³/mol. The van der Waals surface area contributed by atoms with E-state index in [1.807, 2.05) is 25.3 Å². The highest BCUT2D eigenvalue weighted by atomic mass is 79.9. The van der Waals surface area contributed by atoms with Crippen molar-refractivity contribution in [3.8, 4) is 11.3 Å². The van der Waals surface area contributed by atoms with Crippen LogP contribution in [0.25, 0.3) is 11.3 Å². The molecule has 2 aromatic rings. The molecular weight excluding hydrogens is 266 g/mol. The fraction of sp³-hybridized carbons (Fsp3) is 0.250. The molecule has 0 amide bonds. The Kier molecular flexibility index (Phi) is 3.29. The van der Waals surface area contributed by atoms with Gasteiger partial charge in [0.25, 0.3) is 0 Å². The average Bonchev–Trinajstić information content (AvgIpc) is 2.28. The third-order valence-electron chi connectivity index (χ3n) is 2.37. The van der Waals surface area contributed by atoms with Gasteiger partial charge in [-0.1, -0.05) is 6.92 Å². The first-order chi connectivity index (χ1) is 7.70. The highest BCUT2D eigenvalue weighted by Crippen LogP contribution is 2.22. The predicted octanol–water partition coefficient (Wildman–Crippen LogP) is 3.17. The highest BCUT2D eigenvalue weighted by molar-refractivity contribution is 9.10. The minimum atomic E-state index is 0.817. The number of pyridine rings is 1. The number of aromatic nitrogens is 3. The van der Waals surface area contributed by atoms with Gasteiger partial charge in [0.2, 0.25) is 0 Å². The summed E-state index contributed by atoms with van der Waals surface area (Å²) >= 11 is 3.40. The molecule has 2 heterocycles. The van der Waals surface area contributed by atoms with Crippen LogP contribution < -0.4 is 0 Å². The summed E-state index contributed by atoms with van der Waals surface area (Å²) in [6.07, 6.45) is 4.45. The molecule has 0 spiro atoms. The number of hydrogen-bond donors (Lipinski definition) is 0. The summed E-state index contributed by atoms with van der Waals surface area (Å²) in [4.78, 5) is 12.9. The van der Waals surface area contributed by atoms with Crippen LogP contribution in [0, 0.1) is 6.92 Å². The van der Waals surface area contributed by atoms with E-state index in [0.29, 0.717) is 0 Å². The van der Waals surface area contributed by atoms with Gasteiger partial charge in [0.05, 0.1) is 5.69 Å². The van der Waals surface area contributed by atoms with Gasteiger partial charge in [-0.3, -0.25) is 4.98 Å². The maximum atomic E-state index is 4.50. The van der Waals surface area contributed by atoms with E-state index in [2.05, 4.69) is 37.8 Å². The second-order valence-corrected chi connectivity index (χ2v) is 4.35. The second-order valence-electron chi connectivity index (χ2n) is 3.54. The molecular formula is C12H12BrN3. The number of halogens is 1. The monoisotopic (exact) mass is 277 g/mol. The molecule has 0 atom stereocenters. The maximum absolute atomic E-state index is 4.50. The van der Waals surface area contributed by atoms with Crippen molar-refractivity contribution >= 4 is 15.9 Å². The van der Waals surface area contributed by atoms with Crippen molar-refractivity contribution in [2.24, 2.45) is 0 Å². The smallest absolute Gasteiger partial charge is 0.130 e. The van der Waals surface area contributed by atoms with E-state index >= 15 is 0 Å². The van der Waals surface area contributed by atoms with Gasteiger partial charge in [0, 0.05) is 24.4 Å². The summed E-state index contributed by atoms with van der Waals surface area (Å²) in [5.74, 6) is 0.840. The Morgan fingerprint density at radius 1 is 1.31 bits per heavy atom. The summed E-state index contributed by atoms with van der Waals surface area (Å²) in [5.41, 5.74) is 3.15. The lowest BCUT2D eigenvalue weighted by Crippen LogP contribution is -1.97.